The Morgan fingerprint density at radius 1 is 1.27 bits per heavy atom. The molecule has 0 spiro atoms. The fourth-order valence-electron chi connectivity index (χ4n) is 2.60. The number of carbonyl (C=O) groups is 1. The van der Waals surface area contributed by atoms with Crippen molar-refractivity contribution in [3.8, 4) is 0 Å². The van der Waals surface area contributed by atoms with E-state index in [0.717, 1.165) is 24.4 Å². The fraction of sp³-hybridized carbons (Fsp3) is 0.600. The van der Waals surface area contributed by atoms with Crippen LogP contribution in [0.2, 0.25) is 0 Å². The highest BCUT2D eigenvalue weighted by Crippen LogP contribution is 2.31. The molecule has 1 fully saturated rings. The summed E-state index contributed by atoms with van der Waals surface area (Å²) in [6.07, 6.45) is -0.227. The lowest BCUT2D eigenvalue weighted by Crippen LogP contribution is -2.50. The molecule has 2 aromatic rings. The van der Waals surface area contributed by atoms with E-state index < -0.39 is 5.60 Å². The Morgan fingerprint density at radius 3 is 2.59 bits per heavy atom. The number of fused-ring (bicyclic) bond motifs is 1. The van der Waals surface area contributed by atoms with Gasteiger partial charge in [-0.2, -0.15) is 5.10 Å². The first-order valence-corrected chi connectivity index (χ1v) is 8.36. The molecule has 22 heavy (non-hydrogen) atoms. The third-order valence-electron chi connectivity index (χ3n) is 3.67. The number of aromatic nitrogens is 2. The quantitative estimate of drug-likeness (QED) is 0.810. The molecular weight excluding hydrogens is 300 g/mol. The summed E-state index contributed by atoms with van der Waals surface area (Å²) in [4.78, 5) is 16.1. The summed E-state index contributed by atoms with van der Waals surface area (Å²) >= 11 is 1.71. The van der Waals surface area contributed by atoms with E-state index in [1.807, 2.05) is 32.5 Å². The second-order valence-electron chi connectivity index (χ2n) is 6.54. The maximum Gasteiger partial charge on any atom is 0.410 e. The number of nitrogens with zero attached hydrogens (tertiary/aromatic N) is 4. The molecule has 6 nitrogen and oxygen atoms in total. The first-order chi connectivity index (χ1) is 10.3. The van der Waals surface area contributed by atoms with Gasteiger partial charge in [0.05, 0.1) is 10.2 Å². The highest BCUT2D eigenvalue weighted by atomic mass is 32.1. The van der Waals surface area contributed by atoms with E-state index in [2.05, 4.69) is 21.4 Å². The zero-order valence-corrected chi connectivity index (χ0v) is 14.3. The average Bonchev–Trinajstić information content (AvgIpc) is 3.02. The SMILES string of the molecule is Cn1nc(N2CCN(C(=O)OC(C)(C)C)CC2)c2sccc21. The van der Waals surface area contributed by atoms with Crippen LogP contribution in [0.1, 0.15) is 20.8 Å². The van der Waals surface area contributed by atoms with Crippen molar-refractivity contribution < 1.29 is 9.53 Å². The van der Waals surface area contributed by atoms with E-state index in [1.165, 1.54) is 4.70 Å². The zero-order chi connectivity index (χ0) is 15.9. The van der Waals surface area contributed by atoms with Crippen LogP contribution in [0.4, 0.5) is 10.6 Å². The second-order valence-corrected chi connectivity index (χ2v) is 7.45. The van der Waals surface area contributed by atoms with E-state index in [4.69, 9.17) is 4.74 Å². The van der Waals surface area contributed by atoms with Crippen molar-refractivity contribution in [1.29, 1.82) is 0 Å². The van der Waals surface area contributed by atoms with Crippen molar-refractivity contribution >= 4 is 33.5 Å². The number of anilines is 1. The number of carbonyl (C=O) groups excluding carboxylic acids is 1. The second kappa shape index (κ2) is 5.46. The number of rotatable bonds is 1. The maximum atomic E-state index is 12.1. The van der Waals surface area contributed by atoms with Crippen LogP contribution in [0.5, 0.6) is 0 Å². The van der Waals surface area contributed by atoms with Gasteiger partial charge in [0.2, 0.25) is 0 Å². The van der Waals surface area contributed by atoms with E-state index >= 15 is 0 Å². The summed E-state index contributed by atoms with van der Waals surface area (Å²) in [5.74, 6) is 1.02. The molecule has 0 bridgehead atoms. The highest BCUT2D eigenvalue weighted by Gasteiger charge is 2.27. The predicted octanol–water partition coefficient (Wildman–Crippen LogP) is 2.69. The van der Waals surface area contributed by atoms with Crippen LogP contribution < -0.4 is 4.90 Å². The lowest BCUT2D eigenvalue weighted by molar-refractivity contribution is 0.0240. The van der Waals surface area contributed by atoms with Crippen LogP contribution in [0.3, 0.4) is 0 Å². The van der Waals surface area contributed by atoms with Crippen LogP contribution in [0, 0.1) is 0 Å². The molecule has 0 aliphatic carbocycles. The van der Waals surface area contributed by atoms with Gasteiger partial charge in [0.15, 0.2) is 5.82 Å². The van der Waals surface area contributed by atoms with E-state index in [-0.39, 0.29) is 6.09 Å². The highest BCUT2D eigenvalue weighted by molar-refractivity contribution is 7.17. The summed E-state index contributed by atoms with van der Waals surface area (Å²) in [6, 6.07) is 2.09. The minimum absolute atomic E-state index is 0.227. The molecule has 1 saturated heterocycles. The molecule has 1 amide bonds. The number of thiophene rings is 1. The molecule has 1 aliphatic rings. The lowest BCUT2D eigenvalue weighted by atomic mass is 10.2. The van der Waals surface area contributed by atoms with Crippen LogP contribution in [0.15, 0.2) is 11.4 Å². The minimum atomic E-state index is -0.446. The Bertz CT molecular complexity index is 677. The van der Waals surface area contributed by atoms with Crippen LogP contribution >= 0.6 is 11.3 Å². The molecule has 7 heteroatoms. The summed E-state index contributed by atoms with van der Waals surface area (Å²) in [6.45, 7) is 8.57. The molecule has 0 N–H and O–H groups in total. The van der Waals surface area contributed by atoms with Gasteiger partial charge in [0.1, 0.15) is 5.60 Å². The van der Waals surface area contributed by atoms with Gasteiger partial charge in [-0.1, -0.05) is 0 Å². The maximum absolute atomic E-state index is 12.1. The first kappa shape index (κ1) is 15.1. The number of piperazine rings is 1. The van der Waals surface area contributed by atoms with E-state index in [0.29, 0.717) is 13.1 Å². The van der Waals surface area contributed by atoms with Crippen molar-refractivity contribution in [2.45, 2.75) is 26.4 Å². The Labute approximate surface area is 134 Å². The standard InChI is InChI=1S/C15H22N4O2S/c1-15(2,3)21-14(20)19-8-6-18(7-9-19)13-12-11(5-10-22-12)17(4)16-13/h5,10H,6-9H2,1-4H3. The van der Waals surface area contributed by atoms with Gasteiger partial charge in [0.25, 0.3) is 0 Å². The normalized spacial score (nSPS) is 16.4. The lowest BCUT2D eigenvalue weighted by Gasteiger charge is -2.35. The van der Waals surface area contributed by atoms with Gasteiger partial charge in [-0.15, -0.1) is 11.3 Å². The molecule has 0 radical (unpaired) electrons. The summed E-state index contributed by atoms with van der Waals surface area (Å²) in [5.41, 5.74) is 0.716. The van der Waals surface area contributed by atoms with E-state index in [1.54, 1.807) is 16.2 Å². The predicted molar refractivity (Wildman–Crippen MR) is 88.6 cm³/mol. The van der Waals surface area contributed by atoms with Crippen molar-refractivity contribution in [3.63, 3.8) is 0 Å². The average molecular weight is 322 g/mol. The smallest absolute Gasteiger partial charge is 0.410 e. The molecule has 1 aliphatic heterocycles. The molecule has 2 aromatic heterocycles. The molecule has 3 rings (SSSR count). The van der Waals surface area contributed by atoms with Crippen molar-refractivity contribution in [3.05, 3.63) is 11.4 Å². The van der Waals surface area contributed by atoms with Crippen molar-refractivity contribution in [2.75, 3.05) is 31.1 Å². The fourth-order valence-corrected chi connectivity index (χ4v) is 3.53. The van der Waals surface area contributed by atoms with Gasteiger partial charge >= 0.3 is 6.09 Å². The van der Waals surface area contributed by atoms with Crippen molar-refractivity contribution in [1.82, 2.24) is 14.7 Å². The number of hydrogen-bond acceptors (Lipinski definition) is 5. The van der Waals surface area contributed by atoms with Gasteiger partial charge in [-0.25, -0.2) is 4.79 Å². The molecule has 3 heterocycles. The van der Waals surface area contributed by atoms with Crippen molar-refractivity contribution in [2.24, 2.45) is 7.05 Å². The largest absolute Gasteiger partial charge is 0.444 e. The third-order valence-corrected chi connectivity index (χ3v) is 4.57. The Hall–Kier alpha value is -1.76. The van der Waals surface area contributed by atoms with Crippen LogP contribution in [-0.4, -0.2) is 52.6 Å². The third kappa shape index (κ3) is 2.90. The molecule has 0 aromatic carbocycles. The Kier molecular flexibility index (Phi) is 3.76. The summed E-state index contributed by atoms with van der Waals surface area (Å²) in [5, 5.41) is 6.71. The van der Waals surface area contributed by atoms with Crippen LogP contribution in [0.25, 0.3) is 10.2 Å². The van der Waals surface area contributed by atoms with E-state index in [9.17, 15) is 4.79 Å². The number of ether oxygens (including phenoxy) is 1. The minimum Gasteiger partial charge on any atom is -0.444 e. The molecule has 120 valence electrons. The zero-order valence-electron chi connectivity index (χ0n) is 13.5. The van der Waals surface area contributed by atoms with Crippen LogP contribution in [-0.2, 0) is 11.8 Å². The molecule has 0 saturated carbocycles. The molecule has 0 unspecified atom stereocenters. The summed E-state index contributed by atoms with van der Waals surface area (Å²) in [7, 11) is 1.97. The summed E-state index contributed by atoms with van der Waals surface area (Å²) < 4.78 is 8.56. The van der Waals surface area contributed by atoms with Gasteiger partial charge in [0, 0.05) is 33.2 Å². The number of aryl methyl sites for hydroxylation is 1. The Morgan fingerprint density at radius 2 is 1.95 bits per heavy atom. The molecular formula is C15H22N4O2S. The molecule has 0 atom stereocenters. The van der Waals surface area contributed by atoms with Gasteiger partial charge in [-0.05, 0) is 32.2 Å². The Balaban J connectivity index is 1.67. The monoisotopic (exact) mass is 322 g/mol. The van der Waals surface area contributed by atoms with Gasteiger partial charge < -0.3 is 14.5 Å². The van der Waals surface area contributed by atoms with Gasteiger partial charge in [-0.3, -0.25) is 4.68 Å². The number of amides is 1. The number of hydrogen-bond donors (Lipinski definition) is 0. The first-order valence-electron chi connectivity index (χ1n) is 7.48. The topological polar surface area (TPSA) is 50.6 Å².